The van der Waals surface area contributed by atoms with Crippen molar-refractivity contribution in [3.63, 3.8) is 0 Å². The number of phenols is 2. The average Bonchev–Trinajstić information content (AvgIpc) is 3.63. The molecule has 2 N–H and O–H groups in total. The Morgan fingerprint density at radius 2 is 1.30 bits per heavy atom. The van der Waals surface area contributed by atoms with Crippen LogP contribution in [-0.2, 0) is 6.54 Å². The molecule has 0 aliphatic rings. The summed E-state index contributed by atoms with van der Waals surface area (Å²) < 4.78 is 0. The minimum Gasteiger partial charge on any atom is -0.508 e. The maximum atomic E-state index is 11.2. The number of tetrazole rings is 2. The summed E-state index contributed by atoms with van der Waals surface area (Å²) in [5.74, 6) is 0.718. The van der Waals surface area contributed by atoms with E-state index in [2.05, 4.69) is 72.1 Å². The van der Waals surface area contributed by atoms with E-state index >= 15 is 0 Å². The number of hydrogen-bond acceptors (Lipinski definition) is 11. The molecule has 5 aromatic rings. The monoisotopic (exact) mass is 579 g/mol. The smallest absolute Gasteiger partial charge is 0.173 e. The number of nitrogens with zero attached hydrogens (tertiary/aromatic N) is 11. The molecule has 2 aromatic heterocycles. The zero-order valence-electron chi connectivity index (χ0n) is 24.4. The van der Waals surface area contributed by atoms with Gasteiger partial charge in [0.2, 0.25) is 0 Å². The minimum absolute atomic E-state index is 0.0812. The molecule has 0 radical (unpaired) electrons. The second kappa shape index (κ2) is 13.1. The topological polar surface area (TPSA) is 156 Å². The normalized spacial score (nSPS) is 12.6. The SMILES string of the molecule is CCN(CC)Cc1cccc(C(c2cc(C=Nn3nnnc3C)ccc2O)c2cc(C=Nn3nnnc3C)ccc2O)c1. The summed E-state index contributed by atoms with van der Waals surface area (Å²) in [7, 11) is 0. The maximum absolute atomic E-state index is 11.2. The third kappa shape index (κ3) is 6.79. The number of rotatable bonds is 11. The van der Waals surface area contributed by atoms with Gasteiger partial charge in [-0.1, -0.05) is 38.1 Å². The first-order valence-electron chi connectivity index (χ1n) is 13.9. The van der Waals surface area contributed by atoms with Crippen molar-refractivity contribution in [1.82, 2.24) is 45.5 Å². The van der Waals surface area contributed by atoms with E-state index in [1.807, 2.05) is 24.3 Å². The molecular formula is C30H33N11O2. The molecule has 0 fully saturated rings. The van der Waals surface area contributed by atoms with Crippen LogP contribution in [-0.4, -0.2) is 81.3 Å². The van der Waals surface area contributed by atoms with Gasteiger partial charge < -0.3 is 10.2 Å². The Morgan fingerprint density at radius 3 is 1.77 bits per heavy atom. The van der Waals surface area contributed by atoms with Gasteiger partial charge in [-0.05, 0) is 106 Å². The van der Waals surface area contributed by atoms with Crippen LogP contribution >= 0.6 is 0 Å². The molecule has 43 heavy (non-hydrogen) atoms. The Kier molecular flexibility index (Phi) is 8.91. The number of hydrogen-bond donors (Lipinski definition) is 2. The van der Waals surface area contributed by atoms with E-state index < -0.39 is 5.92 Å². The van der Waals surface area contributed by atoms with Crippen LogP contribution in [0.5, 0.6) is 11.5 Å². The number of aromatic hydroxyl groups is 2. The van der Waals surface area contributed by atoms with Crippen molar-refractivity contribution < 1.29 is 10.2 Å². The van der Waals surface area contributed by atoms with Gasteiger partial charge in [-0.25, -0.2) is 0 Å². The summed E-state index contributed by atoms with van der Waals surface area (Å²) in [5.41, 5.74) is 4.67. The molecule has 0 unspecified atom stereocenters. The van der Waals surface area contributed by atoms with Gasteiger partial charge in [0.05, 0.1) is 12.4 Å². The van der Waals surface area contributed by atoms with Crippen molar-refractivity contribution in [2.45, 2.75) is 40.2 Å². The van der Waals surface area contributed by atoms with Crippen LogP contribution in [0.25, 0.3) is 0 Å². The molecule has 220 valence electrons. The Hall–Kier alpha value is -5.30. The van der Waals surface area contributed by atoms with Crippen molar-refractivity contribution in [2.75, 3.05) is 13.1 Å². The van der Waals surface area contributed by atoms with Crippen LogP contribution < -0.4 is 0 Å². The lowest BCUT2D eigenvalue weighted by molar-refractivity contribution is 0.296. The van der Waals surface area contributed by atoms with Gasteiger partial charge in [0.1, 0.15) is 11.5 Å². The van der Waals surface area contributed by atoms with Crippen molar-refractivity contribution in [1.29, 1.82) is 0 Å². The predicted molar refractivity (Wildman–Crippen MR) is 161 cm³/mol. The van der Waals surface area contributed by atoms with Crippen LogP contribution in [0.15, 0.2) is 70.9 Å². The van der Waals surface area contributed by atoms with Gasteiger partial charge >= 0.3 is 0 Å². The summed E-state index contributed by atoms with van der Waals surface area (Å²) in [6.07, 6.45) is 3.25. The Balaban J connectivity index is 1.62. The first-order chi connectivity index (χ1) is 20.9. The summed E-state index contributed by atoms with van der Waals surface area (Å²) >= 11 is 0. The molecule has 2 heterocycles. The van der Waals surface area contributed by atoms with Crippen LogP contribution in [0.4, 0.5) is 0 Å². The fourth-order valence-corrected chi connectivity index (χ4v) is 4.78. The zero-order valence-corrected chi connectivity index (χ0v) is 24.4. The molecular weight excluding hydrogens is 546 g/mol. The van der Waals surface area contributed by atoms with Crippen molar-refractivity contribution in [2.24, 2.45) is 10.2 Å². The predicted octanol–water partition coefficient (Wildman–Crippen LogP) is 3.47. The van der Waals surface area contributed by atoms with E-state index in [1.165, 1.54) is 9.58 Å². The molecule has 0 amide bonds. The lowest BCUT2D eigenvalue weighted by Gasteiger charge is -2.23. The van der Waals surface area contributed by atoms with E-state index in [9.17, 15) is 10.2 Å². The second-order valence-electron chi connectivity index (χ2n) is 10.00. The summed E-state index contributed by atoms with van der Waals surface area (Å²) in [6.45, 7) is 10.4. The van der Waals surface area contributed by atoms with E-state index in [1.54, 1.807) is 50.5 Å². The molecule has 0 aliphatic carbocycles. The highest BCUT2D eigenvalue weighted by Crippen LogP contribution is 2.41. The van der Waals surface area contributed by atoms with Gasteiger partial charge in [0.25, 0.3) is 0 Å². The third-order valence-electron chi connectivity index (χ3n) is 7.15. The summed E-state index contributed by atoms with van der Waals surface area (Å²) in [6, 6.07) is 18.7. The van der Waals surface area contributed by atoms with Crippen molar-refractivity contribution in [3.8, 4) is 11.5 Å². The number of aryl methyl sites for hydroxylation is 2. The van der Waals surface area contributed by atoms with E-state index in [4.69, 9.17) is 0 Å². The molecule has 5 rings (SSSR count). The first-order valence-corrected chi connectivity index (χ1v) is 13.9. The number of benzene rings is 3. The molecule has 0 aliphatic heterocycles. The van der Waals surface area contributed by atoms with Crippen molar-refractivity contribution >= 4 is 12.4 Å². The standard InChI is InChI=1S/C30H33N11O2/c1-5-39(6-2)19-24-8-7-9-25(14-24)30(26-15-22(10-12-28(26)42)17-31-40-20(3)33-35-37-40)27-16-23(11-13-29(27)43)18-32-41-21(4)34-36-38-41/h7-18,30,42-43H,5-6,19H2,1-4H3. The van der Waals surface area contributed by atoms with Gasteiger partial charge in [-0.2, -0.15) is 10.2 Å². The van der Waals surface area contributed by atoms with Crippen LogP contribution in [0.3, 0.4) is 0 Å². The molecule has 13 heteroatoms. The lowest BCUT2D eigenvalue weighted by Crippen LogP contribution is -2.22. The Labute approximate surface area is 248 Å². The third-order valence-corrected chi connectivity index (χ3v) is 7.15. The van der Waals surface area contributed by atoms with Crippen molar-refractivity contribution in [3.05, 3.63) is 106 Å². The van der Waals surface area contributed by atoms with Gasteiger partial charge in [0.15, 0.2) is 11.6 Å². The molecule has 0 atom stereocenters. The van der Waals surface area contributed by atoms with Crippen LogP contribution in [0, 0.1) is 13.8 Å². The minimum atomic E-state index is -0.525. The highest BCUT2D eigenvalue weighted by atomic mass is 16.3. The largest absolute Gasteiger partial charge is 0.508 e. The van der Waals surface area contributed by atoms with E-state index in [0.717, 1.165) is 41.9 Å². The van der Waals surface area contributed by atoms with E-state index in [0.29, 0.717) is 22.8 Å². The highest BCUT2D eigenvalue weighted by molar-refractivity contribution is 5.82. The molecule has 0 bridgehead atoms. The highest BCUT2D eigenvalue weighted by Gasteiger charge is 2.24. The van der Waals surface area contributed by atoms with Gasteiger partial charge in [0, 0.05) is 23.6 Å². The second-order valence-corrected chi connectivity index (χ2v) is 10.00. The molecule has 13 nitrogen and oxygen atoms in total. The zero-order chi connectivity index (χ0) is 30.3. The summed E-state index contributed by atoms with van der Waals surface area (Å²) in [4.78, 5) is 4.97. The molecule has 0 saturated heterocycles. The Bertz CT molecular complexity index is 1650. The first kappa shape index (κ1) is 29.2. The Morgan fingerprint density at radius 1 is 0.767 bits per heavy atom. The van der Waals surface area contributed by atoms with Gasteiger partial charge in [-0.15, -0.1) is 19.8 Å². The number of phenolic OH excluding ortho intramolecular Hbond substituents is 2. The summed E-state index contributed by atoms with van der Waals surface area (Å²) in [5, 5.41) is 53.8. The van der Waals surface area contributed by atoms with Crippen LogP contribution in [0.2, 0.25) is 0 Å². The molecule has 0 spiro atoms. The van der Waals surface area contributed by atoms with Crippen LogP contribution in [0.1, 0.15) is 64.8 Å². The quantitative estimate of drug-likeness (QED) is 0.177. The fourth-order valence-electron chi connectivity index (χ4n) is 4.78. The molecule has 3 aromatic carbocycles. The molecule has 0 saturated carbocycles. The lowest BCUT2D eigenvalue weighted by atomic mass is 9.82. The fraction of sp³-hybridized carbons (Fsp3) is 0.267. The van der Waals surface area contributed by atoms with Gasteiger partial charge in [-0.3, -0.25) is 4.90 Å². The maximum Gasteiger partial charge on any atom is 0.173 e. The number of aromatic nitrogens is 8. The average molecular weight is 580 g/mol. The van der Waals surface area contributed by atoms with E-state index in [-0.39, 0.29) is 11.5 Å².